The minimum atomic E-state index is 0.671. The zero-order valence-electron chi connectivity index (χ0n) is 6.12. The Morgan fingerprint density at radius 3 is 3.00 bits per heavy atom. The van der Waals surface area contributed by atoms with Crippen molar-refractivity contribution in [3.8, 4) is 0 Å². The molecule has 0 N–H and O–H groups in total. The molecule has 0 aliphatic heterocycles. The minimum absolute atomic E-state index is 0.671. The van der Waals surface area contributed by atoms with Crippen molar-refractivity contribution in [3.63, 3.8) is 0 Å². The highest BCUT2D eigenvalue weighted by atomic mass is 14.3. The van der Waals surface area contributed by atoms with E-state index in [-0.39, 0.29) is 0 Å². The van der Waals surface area contributed by atoms with Crippen LogP contribution >= 0.6 is 0 Å². The van der Waals surface area contributed by atoms with Gasteiger partial charge in [0, 0.05) is 5.92 Å². The summed E-state index contributed by atoms with van der Waals surface area (Å²) in [6.45, 7) is 0. The zero-order chi connectivity index (χ0) is 7.26. The molecule has 0 radical (unpaired) electrons. The molecule has 2 aliphatic rings. The van der Waals surface area contributed by atoms with Crippen molar-refractivity contribution in [2.75, 3.05) is 0 Å². The number of allylic oxidation sites excluding steroid dienone is 3. The summed E-state index contributed by atoms with van der Waals surface area (Å²) < 4.78 is 0. The molecular weight excluding hydrogens is 132 g/mol. The second-order valence-electron chi connectivity index (χ2n) is 3.09. The molecule has 0 heterocycles. The molecule has 0 amide bonds. The third-order valence-electron chi connectivity index (χ3n) is 2.36. The SMILES string of the molecule is C1=C[C@@H]2C=C2c2ccccc21. The van der Waals surface area contributed by atoms with E-state index in [1.54, 1.807) is 0 Å². The van der Waals surface area contributed by atoms with Crippen LogP contribution in [0.15, 0.2) is 36.4 Å². The number of fused-ring (bicyclic) bond motifs is 3. The molecule has 0 heteroatoms. The first-order valence-corrected chi connectivity index (χ1v) is 3.94. The fourth-order valence-electron chi connectivity index (χ4n) is 1.69. The molecule has 3 rings (SSSR count). The van der Waals surface area contributed by atoms with Gasteiger partial charge in [0.2, 0.25) is 0 Å². The lowest BCUT2D eigenvalue weighted by atomic mass is 9.98. The second-order valence-corrected chi connectivity index (χ2v) is 3.09. The van der Waals surface area contributed by atoms with Gasteiger partial charge in [0.05, 0.1) is 0 Å². The van der Waals surface area contributed by atoms with Crippen LogP contribution in [0.3, 0.4) is 0 Å². The molecule has 11 heavy (non-hydrogen) atoms. The van der Waals surface area contributed by atoms with E-state index in [0.29, 0.717) is 5.92 Å². The summed E-state index contributed by atoms with van der Waals surface area (Å²) >= 11 is 0. The smallest absolute Gasteiger partial charge is 0.0211 e. The van der Waals surface area contributed by atoms with Gasteiger partial charge in [-0.3, -0.25) is 0 Å². The number of benzene rings is 1. The van der Waals surface area contributed by atoms with Crippen LogP contribution in [0, 0.1) is 5.92 Å². The van der Waals surface area contributed by atoms with Crippen LogP contribution in [0.4, 0.5) is 0 Å². The number of hydrogen-bond donors (Lipinski definition) is 0. The van der Waals surface area contributed by atoms with Crippen molar-refractivity contribution >= 4 is 11.6 Å². The van der Waals surface area contributed by atoms with Gasteiger partial charge in [0.1, 0.15) is 0 Å². The molecular formula is C11H8. The maximum Gasteiger partial charge on any atom is 0.0211 e. The molecule has 0 unspecified atom stereocenters. The molecule has 1 aromatic rings. The molecule has 0 aromatic heterocycles. The van der Waals surface area contributed by atoms with Gasteiger partial charge in [0.25, 0.3) is 0 Å². The Bertz CT molecular complexity index is 369. The molecule has 2 aliphatic carbocycles. The van der Waals surface area contributed by atoms with E-state index in [0.717, 1.165) is 0 Å². The maximum absolute atomic E-state index is 2.31. The minimum Gasteiger partial charge on any atom is -0.0726 e. The monoisotopic (exact) mass is 140 g/mol. The van der Waals surface area contributed by atoms with Gasteiger partial charge in [0.15, 0.2) is 0 Å². The quantitative estimate of drug-likeness (QED) is 0.519. The van der Waals surface area contributed by atoms with E-state index < -0.39 is 0 Å². The van der Waals surface area contributed by atoms with E-state index in [4.69, 9.17) is 0 Å². The average molecular weight is 140 g/mol. The number of hydrogen-bond acceptors (Lipinski definition) is 0. The molecule has 0 nitrogen and oxygen atoms in total. The third kappa shape index (κ3) is 0.640. The topological polar surface area (TPSA) is 0 Å². The summed E-state index contributed by atoms with van der Waals surface area (Å²) in [6, 6.07) is 8.56. The van der Waals surface area contributed by atoms with E-state index in [1.807, 2.05) is 0 Å². The Morgan fingerprint density at radius 2 is 2.00 bits per heavy atom. The summed E-state index contributed by atoms with van der Waals surface area (Å²) in [5.41, 5.74) is 4.32. The Hall–Kier alpha value is -1.30. The van der Waals surface area contributed by atoms with E-state index in [2.05, 4.69) is 42.5 Å². The fraction of sp³-hybridized carbons (Fsp3) is 0.0909. The van der Waals surface area contributed by atoms with Crippen LogP contribution in [0.2, 0.25) is 0 Å². The Morgan fingerprint density at radius 1 is 1.09 bits per heavy atom. The summed E-state index contributed by atoms with van der Waals surface area (Å²) in [5.74, 6) is 0.671. The van der Waals surface area contributed by atoms with Gasteiger partial charge in [-0.25, -0.2) is 0 Å². The lowest BCUT2D eigenvalue weighted by molar-refractivity contribution is 1.25. The van der Waals surface area contributed by atoms with Crippen molar-refractivity contribution in [2.24, 2.45) is 5.92 Å². The highest BCUT2D eigenvalue weighted by Gasteiger charge is 2.27. The third-order valence-corrected chi connectivity index (χ3v) is 2.36. The van der Waals surface area contributed by atoms with Gasteiger partial charge >= 0.3 is 0 Å². The van der Waals surface area contributed by atoms with E-state index >= 15 is 0 Å². The van der Waals surface area contributed by atoms with Gasteiger partial charge in [-0.15, -0.1) is 0 Å². The first kappa shape index (κ1) is 5.36. The summed E-state index contributed by atoms with van der Waals surface area (Å²) in [7, 11) is 0. The van der Waals surface area contributed by atoms with Crippen LogP contribution in [0.25, 0.3) is 11.6 Å². The van der Waals surface area contributed by atoms with Crippen LogP contribution in [-0.4, -0.2) is 0 Å². The fourth-order valence-corrected chi connectivity index (χ4v) is 1.69. The first-order valence-electron chi connectivity index (χ1n) is 3.94. The molecule has 1 atom stereocenters. The Balaban J connectivity index is 2.31. The summed E-state index contributed by atoms with van der Waals surface area (Å²) in [6.07, 6.45) is 6.78. The van der Waals surface area contributed by atoms with Gasteiger partial charge in [-0.2, -0.15) is 0 Å². The Labute approximate surface area is 65.9 Å². The van der Waals surface area contributed by atoms with Gasteiger partial charge in [-0.05, 0) is 16.7 Å². The second kappa shape index (κ2) is 1.65. The van der Waals surface area contributed by atoms with Crippen molar-refractivity contribution in [3.05, 3.63) is 47.5 Å². The largest absolute Gasteiger partial charge is 0.0726 e. The van der Waals surface area contributed by atoms with E-state index in [1.165, 1.54) is 16.7 Å². The lowest BCUT2D eigenvalue weighted by Gasteiger charge is -2.06. The first-order chi connectivity index (χ1) is 5.45. The maximum atomic E-state index is 2.31. The summed E-state index contributed by atoms with van der Waals surface area (Å²) in [4.78, 5) is 0. The zero-order valence-corrected chi connectivity index (χ0v) is 6.12. The van der Waals surface area contributed by atoms with Gasteiger partial charge in [-0.1, -0.05) is 42.5 Å². The highest BCUT2D eigenvalue weighted by Crippen LogP contribution is 2.44. The van der Waals surface area contributed by atoms with Crippen molar-refractivity contribution in [2.45, 2.75) is 0 Å². The van der Waals surface area contributed by atoms with Crippen LogP contribution in [0.5, 0.6) is 0 Å². The predicted molar refractivity (Wildman–Crippen MR) is 46.9 cm³/mol. The van der Waals surface area contributed by atoms with Crippen LogP contribution in [-0.2, 0) is 0 Å². The molecule has 0 saturated heterocycles. The molecule has 0 saturated carbocycles. The van der Waals surface area contributed by atoms with E-state index in [9.17, 15) is 0 Å². The van der Waals surface area contributed by atoms with Gasteiger partial charge < -0.3 is 0 Å². The van der Waals surface area contributed by atoms with Crippen molar-refractivity contribution in [1.82, 2.24) is 0 Å². The standard InChI is InChI=1S/C11H8/c1-2-4-10-8(3-1)5-6-9-7-11(9)10/h1-7,9H/t9-/m1/s1. The highest BCUT2D eigenvalue weighted by molar-refractivity contribution is 5.90. The molecule has 1 aromatic carbocycles. The number of rotatable bonds is 0. The summed E-state index contributed by atoms with van der Waals surface area (Å²) in [5, 5.41) is 0. The molecule has 0 fully saturated rings. The molecule has 52 valence electrons. The average Bonchev–Trinajstić information content (AvgIpc) is 2.83. The van der Waals surface area contributed by atoms with Crippen molar-refractivity contribution in [1.29, 1.82) is 0 Å². The molecule has 0 bridgehead atoms. The lowest BCUT2D eigenvalue weighted by Crippen LogP contribution is -1.88. The van der Waals surface area contributed by atoms with Crippen LogP contribution < -0.4 is 0 Å². The normalized spacial score (nSPS) is 23.6. The predicted octanol–water partition coefficient (Wildman–Crippen LogP) is 2.73. The van der Waals surface area contributed by atoms with Crippen LogP contribution in [0.1, 0.15) is 11.1 Å². The molecule has 0 spiro atoms. The Kier molecular flexibility index (Phi) is 0.803. The van der Waals surface area contributed by atoms with Crippen molar-refractivity contribution < 1.29 is 0 Å².